The van der Waals surface area contributed by atoms with E-state index in [0.29, 0.717) is 17.0 Å². The Bertz CT molecular complexity index is 683. The third-order valence-corrected chi connectivity index (χ3v) is 3.62. The van der Waals surface area contributed by atoms with Crippen LogP contribution in [0.2, 0.25) is 0 Å². The molecule has 0 aliphatic carbocycles. The van der Waals surface area contributed by atoms with E-state index in [4.69, 9.17) is 9.47 Å². The molecule has 1 N–H and O–H groups in total. The zero-order chi connectivity index (χ0) is 16.8. The standard InChI is InChI=1S/C17H16BrNO4/c1-11(16(20)19-14-7-5-13(18)6-8-14)23-17(21)12-3-9-15(22-2)10-4-12/h3-11H,1-2H3,(H,19,20)/t11-/m0/s1. The lowest BCUT2D eigenvalue weighted by molar-refractivity contribution is -0.123. The Balaban J connectivity index is 1.94. The summed E-state index contributed by atoms with van der Waals surface area (Å²) in [4.78, 5) is 24.1. The number of carbonyl (C=O) groups is 2. The SMILES string of the molecule is COc1ccc(C(=O)O[C@@H](C)C(=O)Nc2ccc(Br)cc2)cc1. The van der Waals surface area contributed by atoms with E-state index >= 15 is 0 Å². The van der Waals surface area contributed by atoms with Crippen LogP contribution in [-0.4, -0.2) is 25.1 Å². The quantitative estimate of drug-likeness (QED) is 0.807. The van der Waals surface area contributed by atoms with Crippen molar-refractivity contribution >= 4 is 33.5 Å². The summed E-state index contributed by atoms with van der Waals surface area (Å²) < 4.78 is 11.1. The number of hydrogen-bond acceptors (Lipinski definition) is 4. The largest absolute Gasteiger partial charge is 0.497 e. The Morgan fingerprint density at radius 2 is 1.65 bits per heavy atom. The van der Waals surface area contributed by atoms with Crippen LogP contribution in [0, 0.1) is 0 Å². The van der Waals surface area contributed by atoms with Crippen LogP contribution in [0.3, 0.4) is 0 Å². The van der Waals surface area contributed by atoms with Crippen molar-refractivity contribution in [3.05, 3.63) is 58.6 Å². The highest BCUT2D eigenvalue weighted by atomic mass is 79.9. The Kier molecular flexibility index (Phi) is 5.76. The van der Waals surface area contributed by atoms with Gasteiger partial charge in [0.15, 0.2) is 6.10 Å². The highest BCUT2D eigenvalue weighted by Crippen LogP contribution is 2.15. The third kappa shape index (κ3) is 4.82. The van der Waals surface area contributed by atoms with E-state index in [1.54, 1.807) is 43.5 Å². The topological polar surface area (TPSA) is 64.6 Å². The first-order valence-corrected chi connectivity index (χ1v) is 7.70. The van der Waals surface area contributed by atoms with Crippen molar-refractivity contribution in [3.8, 4) is 5.75 Å². The molecular weight excluding hydrogens is 362 g/mol. The fraction of sp³-hybridized carbons (Fsp3) is 0.176. The zero-order valence-electron chi connectivity index (χ0n) is 12.7. The summed E-state index contributed by atoms with van der Waals surface area (Å²) in [7, 11) is 1.54. The van der Waals surface area contributed by atoms with Gasteiger partial charge in [-0.1, -0.05) is 15.9 Å². The minimum Gasteiger partial charge on any atom is -0.497 e. The predicted octanol–water partition coefficient (Wildman–Crippen LogP) is 3.64. The van der Waals surface area contributed by atoms with E-state index in [2.05, 4.69) is 21.2 Å². The van der Waals surface area contributed by atoms with Crippen molar-refractivity contribution in [1.82, 2.24) is 0 Å². The molecule has 2 aromatic carbocycles. The first-order chi connectivity index (χ1) is 11.0. The molecule has 0 fully saturated rings. The van der Waals surface area contributed by atoms with E-state index in [0.717, 1.165) is 4.47 Å². The molecule has 0 spiro atoms. The fourth-order valence-electron chi connectivity index (χ4n) is 1.79. The van der Waals surface area contributed by atoms with E-state index < -0.39 is 18.0 Å². The maximum absolute atomic E-state index is 12.0. The molecule has 0 aliphatic heterocycles. The Morgan fingerprint density at radius 3 is 2.22 bits per heavy atom. The molecule has 0 saturated heterocycles. The summed E-state index contributed by atoms with van der Waals surface area (Å²) in [6.07, 6.45) is -0.909. The van der Waals surface area contributed by atoms with Gasteiger partial charge >= 0.3 is 5.97 Å². The molecule has 0 saturated carbocycles. The molecule has 6 heteroatoms. The van der Waals surface area contributed by atoms with Crippen LogP contribution < -0.4 is 10.1 Å². The number of hydrogen-bond donors (Lipinski definition) is 1. The molecule has 0 aromatic heterocycles. The maximum atomic E-state index is 12.0. The average molecular weight is 378 g/mol. The molecule has 0 aliphatic rings. The van der Waals surface area contributed by atoms with Gasteiger partial charge in [-0.25, -0.2) is 4.79 Å². The number of anilines is 1. The van der Waals surface area contributed by atoms with Crippen molar-refractivity contribution < 1.29 is 19.1 Å². The number of halogens is 1. The lowest BCUT2D eigenvalue weighted by Crippen LogP contribution is -2.29. The summed E-state index contributed by atoms with van der Waals surface area (Å²) in [5, 5.41) is 2.69. The monoisotopic (exact) mass is 377 g/mol. The predicted molar refractivity (Wildman–Crippen MR) is 90.6 cm³/mol. The number of benzene rings is 2. The second-order valence-corrected chi connectivity index (χ2v) is 5.69. The van der Waals surface area contributed by atoms with Gasteiger partial charge in [0.25, 0.3) is 5.91 Å². The van der Waals surface area contributed by atoms with Gasteiger partial charge in [0.1, 0.15) is 5.75 Å². The van der Waals surface area contributed by atoms with Crippen molar-refractivity contribution in [2.24, 2.45) is 0 Å². The van der Waals surface area contributed by atoms with E-state index in [9.17, 15) is 9.59 Å². The van der Waals surface area contributed by atoms with Gasteiger partial charge in [0.05, 0.1) is 12.7 Å². The number of methoxy groups -OCH3 is 1. The minimum absolute atomic E-state index is 0.356. The van der Waals surface area contributed by atoms with Crippen LogP contribution in [0.25, 0.3) is 0 Å². The molecule has 5 nitrogen and oxygen atoms in total. The van der Waals surface area contributed by atoms with Crippen molar-refractivity contribution in [2.75, 3.05) is 12.4 Å². The smallest absolute Gasteiger partial charge is 0.338 e. The Labute approximate surface area is 142 Å². The minimum atomic E-state index is -0.909. The fourth-order valence-corrected chi connectivity index (χ4v) is 2.05. The summed E-state index contributed by atoms with van der Waals surface area (Å²) in [6.45, 7) is 1.52. The van der Waals surface area contributed by atoms with E-state index in [1.807, 2.05) is 12.1 Å². The lowest BCUT2D eigenvalue weighted by Gasteiger charge is -2.13. The first kappa shape index (κ1) is 17.0. The highest BCUT2D eigenvalue weighted by Gasteiger charge is 2.19. The molecule has 2 aromatic rings. The molecule has 0 bridgehead atoms. The highest BCUT2D eigenvalue weighted by molar-refractivity contribution is 9.10. The number of rotatable bonds is 5. The number of amides is 1. The molecule has 2 rings (SSSR count). The van der Waals surface area contributed by atoms with Crippen LogP contribution in [0.1, 0.15) is 17.3 Å². The molecule has 1 amide bonds. The summed E-state index contributed by atoms with van der Waals surface area (Å²) in [6, 6.07) is 13.6. The third-order valence-electron chi connectivity index (χ3n) is 3.09. The number of ether oxygens (including phenoxy) is 2. The number of nitrogens with one attached hydrogen (secondary N) is 1. The number of esters is 1. The Morgan fingerprint density at radius 1 is 1.04 bits per heavy atom. The van der Waals surface area contributed by atoms with Crippen LogP contribution >= 0.6 is 15.9 Å². The van der Waals surface area contributed by atoms with Gasteiger partial charge in [-0.3, -0.25) is 4.79 Å². The Hall–Kier alpha value is -2.34. The lowest BCUT2D eigenvalue weighted by atomic mass is 10.2. The van der Waals surface area contributed by atoms with E-state index in [-0.39, 0.29) is 0 Å². The molecule has 0 radical (unpaired) electrons. The van der Waals surface area contributed by atoms with Crippen LogP contribution in [0.4, 0.5) is 5.69 Å². The summed E-state index contributed by atoms with van der Waals surface area (Å²) in [5.41, 5.74) is 0.986. The molecule has 0 unspecified atom stereocenters. The maximum Gasteiger partial charge on any atom is 0.338 e. The van der Waals surface area contributed by atoms with E-state index in [1.165, 1.54) is 6.92 Å². The first-order valence-electron chi connectivity index (χ1n) is 6.91. The molecule has 120 valence electrons. The number of carbonyl (C=O) groups excluding carboxylic acids is 2. The van der Waals surface area contributed by atoms with Crippen LogP contribution in [0.5, 0.6) is 5.75 Å². The van der Waals surface area contributed by atoms with Crippen molar-refractivity contribution in [1.29, 1.82) is 0 Å². The van der Waals surface area contributed by atoms with Crippen LogP contribution in [0.15, 0.2) is 53.0 Å². The molecule has 0 heterocycles. The second kappa shape index (κ2) is 7.78. The zero-order valence-corrected chi connectivity index (χ0v) is 14.3. The van der Waals surface area contributed by atoms with Gasteiger partial charge < -0.3 is 14.8 Å². The normalized spacial score (nSPS) is 11.4. The van der Waals surface area contributed by atoms with Gasteiger partial charge in [0.2, 0.25) is 0 Å². The van der Waals surface area contributed by atoms with Crippen molar-refractivity contribution in [3.63, 3.8) is 0 Å². The van der Waals surface area contributed by atoms with Gasteiger partial charge in [-0.2, -0.15) is 0 Å². The summed E-state index contributed by atoms with van der Waals surface area (Å²) >= 11 is 3.32. The summed E-state index contributed by atoms with van der Waals surface area (Å²) in [5.74, 6) is -0.317. The van der Waals surface area contributed by atoms with Crippen molar-refractivity contribution in [2.45, 2.75) is 13.0 Å². The molecular formula is C17H16BrNO4. The van der Waals surface area contributed by atoms with Gasteiger partial charge in [-0.05, 0) is 55.5 Å². The molecule has 23 heavy (non-hydrogen) atoms. The second-order valence-electron chi connectivity index (χ2n) is 4.77. The average Bonchev–Trinajstić information content (AvgIpc) is 2.56. The van der Waals surface area contributed by atoms with Gasteiger partial charge in [0, 0.05) is 10.2 Å². The van der Waals surface area contributed by atoms with Gasteiger partial charge in [-0.15, -0.1) is 0 Å². The molecule has 1 atom stereocenters. The van der Waals surface area contributed by atoms with Crippen LogP contribution in [-0.2, 0) is 9.53 Å².